The van der Waals surface area contributed by atoms with Crippen molar-refractivity contribution in [1.29, 1.82) is 0 Å². The number of benzene rings is 6. The third-order valence-corrected chi connectivity index (χ3v) is 15.3. The summed E-state index contributed by atoms with van der Waals surface area (Å²) in [6.45, 7) is 0.130. The minimum atomic E-state index is -2.20. The van der Waals surface area contributed by atoms with E-state index >= 15 is 19.2 Å². The molecule has 0 unspecified atom stereocenters. The van der Waals surface area contributed by atoms with Gasteiger partial charge in [-0.15, -0.1) is 5.10 Å². The number of imide groups is 1. The van der Waals surface area contributed by atoms with Gasteiger partial charge < -0.3 is 29.1 Å². The van der Waals surface area contributed by atoms with E-state index in [0.717, 1.165) is 10.4 Å². The predicted molar refractivity (Wildman–Crippen MR) is 289 cm³/mol. The number of carbonyl (C=O) groups is 4. The Labute approximate surface area is 457 Å². The van der Waals surface area contributed by atoms with Gasteiger partial charge in [0.2, 0.25) is 17.8 Å². The number of aliphatic hydroxyl groups is 1. The quantitative estimate of drug-likeness (QED) is 0.0568. The number of morpholine rings is 1. The smallest absolute Gasteiger partial charge is 0.421 e. The molecule has 3 fully saturated rings. The lowest BCUT2D eigenvalue weighted by molar-refractivity contribution is -0.384. The summed E-state index contributed by atoms with van der Waals surface area (Å²) in [5.74, 6) is 3.37. The van der Waals surface area contributed by atoms with Crippen molar-refractivity contribution in [3.05, 3.63) is 214 Å². The van der Waals surface area contributed by atoms with E-state index in [0.29, 0.717) is 52.4 Å². The molecule has 400 valence electrons. The van der Waals surface area contributed by atoms with Crippen LogP contribution in [0.3, 0.4) is 0 Å². The summed E-state index contributed by atoms with van der Waals surface area (Å²) < 4.78 is 20.7. The van der Waals surface area contributed by atoms with Crippen molar-refractivity contribution in [3.63, 3.8) is 0 Å². The highest BCUT2D eigenvalue weighted by Crippen LogP contribution is 2.67. The first-order chi connectivity index (χ1) is 39.1. The highest BCUT2D eigenvalue weighted by molar-refractivity contribution is 6.23. The molecule has 0 saturated carbocycles. The lowest BCUT2D eigenvalue weighted by atomic mass is 9.64. The summed E-state index contributed by atoms with van der Waals surface area (Å²) in [5.41, 5.74) is 1.89. The lowest BCUT2D eigenvalue weighted by Crippen LogP contribution is -2.59. The Morgan fingerprint density at radius 1 is 0.800 bits per heavy atom. The molecule has 12 rings (SSSR count). The Hall–Kier alpha value is -9.84. The normalized spacial score (nSPS) is 21.4. The van der Waals surface area contributed by atoms with Crippen LogP contribution >= 0.6 is 0 Å². The van der Waals surface area contributed by atoms with Crippen molar-refractivity contribution in [2.75, 3.05) is 49.2 Å². The highest BCUT2D eigenvalue weighted by Gasteiger charge is 2.76. The number of aromatic nitrogens is 5. The zero-order valence-electron chi connectivity index (χ0n) is 42.8. The average molecular weight is 1070 g/mol. The van der Waals surface area contributed by atoms with Gasteiger partial charge in [-0.05, 0) is 76.9 Å². The Bertz CT molecular complexity index is 3720. The van der Waals surface area contributed by atoms with E-state index < -0.39 is 71.0 Å². The molecule has 6 aromatic carbocycles. The van der Waals surface area contributed by atoms with Crippen molar-refractivity contribution < 1.29 is 43.4 Å². The Morgan fingerprint density at radius 3 is 2.24 bits per heavy atom. The number of amides is 3. The molecule has 3 saturated heterocycles. The van der Waals surface area contributed by atoms with Crippen molar-refractivity contribution in [2.24, 2.45) is 5.92 Å². The zero-order chi connectivity index (χ0) is 54.9. The van der Waals surface area contributed by atoms with Crippen LogP contribution in [0.5, 0.6) is 5.75 Å². The number of esters is 1. The number of anilines is 2. The number of ether oxygens (including phenoxy) is 3. The summed E-state index contributed by atoms with van der Waals surface area (Å²) in [5, 5.41) is 30.4. The molecule has 3 amide bonds. The number of nitrogens with zero attached hydrogens (tertiary/aromatic N) is 10. The third-order valence-electron chi connectivity index (χ3n) is 15.3. The van der Waals surface area contributed by atoms with Crippen LogP contribution in [0.25, 0.3) is 11.0 Å². The first-order valence-electron chi connectivity index (χ1n) is 26.0. The average Bonchev–Trinajstić information content (AvgIpc) is 4.24. The summed E-state index contributed by atoms with van der Waals surface area (Å²) in [4.78, 5) is 90.8. The van der Waals surface area contributed by atoms with Gasteiger partial charge in [0.1, 0.15) is 48.6 Å². The molecule has 4 aliphatic rings. The zero-order valence-corrected chi connectivity index (χ0v) is 42.8. The minimum Gasteiger partial charge on any atom is -0.491 e. The molecule has 2 aromatic heterocycles. The number of hydrogen-bond donors (Lipinski definition) is 1. The Balaban J connectivity index is 1.09. The minimum absolute atomic E-state index is 0.0724. The summed E-state index contributed by atoms with van der Waals surface area (Å²) in [7, 11) is 0. The lowest BCUT2D eigenvalue weighted by Gasteiger charge is -2.46. The van der Waals surface area contributed by atoms with Crippen LogP contribution in [0.4, 0.5) is 22.1 Å². The van der Waals surface area contributed by atoms with Crippen LogP contribution in [-0.2, 0) is 42.4 Å². The van der Waals surface area contributed by atoms with Crippen molar-refractivity contribution in [2.45, 2.75) is 42.8 Å². The molecule has 0 bridgehead atoms. The summed E-state index contributed by atoms with van der Waals surface area (Å²) >= 11 is 0. The summed E-state index contributed by atoms with van der Waals surface area (Å²) in [6, 6.07) is 41.6. The van der Waals surface area contributed by atoms with Gasteiger partial charge in [-0.2, -0.15) is 0 Å². The molecule has 0 aliphatic carbocycles. The molecule has 1 N–H and O–H groups in total. The van der Waals surface area contributed by atoms with Crippen molar-refractivity contribution in [1.82, 2.24) is 34.8 Å². The van der Waals surface area contributed by atoms with E-state index in [4.69, 9.17) is 14.2 Å². The van der Waals surface area contributed by atoms with Crippen molar-refractivity contribution in [3.8, 4) is 17.6 Å². The van der Waals surface area contributed by atoms with Crippen LogP contribution < -0.4 is 14.5 Å². The van der Waals surface area contributed by atoms with E-state index in [2.05, 4.69) is 32.1 Å². The number of para-hydroxylation sites is 2. The number of carbonyl (C=O) groups excluding carboxylic acids is 4. The number of non-ortho nitro benzene ring substituents is 1. The number of piperazine rings is 1. The number of rotatable bonds is 12. The van der Waals surface area contributed by atoms with Gasteiger partial charge in [0, 0.05) is 61.8 Å². The molecule has 6 heterocycles. The SMILES string of the molecule is O=C1O[C@H](c2ccccc2)[C@H](c2ccccc2)N2[C@H]1[C@@H](C(=O)N1CCN(c3ncccn3)CC1)[C@]1(C(=O)N(C(=O)OCc3ccc([N+](=O)[O-])cc3)c3ccc(C#CCn4nnc5ccccc54)cc31)[C@H]2c1ccccc1OCCO. The van der Waals surface area contributed by atoms with Gasteiger partial charge in [-0.25, -0.2) is 24.3 Å². The van der Waals surface area contributed by atoms with E-state index in [9.17, 15) is 15.2 Å². The number of hydrogen-bond acceptors (Lipinski definition) is 16. The highest BCUT2D eigenvalue weighted by atomic mass is 16.6. The largest absolute Gasteiger partial charge is 0.491 e. The molecular weight excluding hydrogens is 1020 g/mol. The maximum Gasteiger partial charge on any atom is 0.421 e. The fourth-order valence-electron chi connectivity index (χ4n) is 11.9. The standard InChI is InChI=1S/C60H50N10O10/c71-35-36-78-49-21-10-7-18-44(49)54-60(45-37-39(13-11-30-67-48-20-9-8-19-46(48)63-64-67)24-27-47(45)68(57(60)74)59(75)79-38-40-22-25-43(26-23-40)70(76)77)50(55(72)65-31-33-66(34-32-65)58-61-28-12-29-62-58)52-56(73)80-53(42-16-5-2-6-17-42)51(69(52)54)41-14-3-1-4-15-41/h1-10,12,14-29,37,50-54,71H,30-36,38H2/t50-,51-,52-,53+,54+,60-/m0/s1. The van der Waals surface area contributed by atoms with E-state index in [-0.39, 0.29) is 55.5 Å². The molecule has 8 aromatic rings. The van der Waals surface area contributed by atoms with E-state index in [1.807, 2.05) is 94.7 Å². The van der Waals surface area contributed by atoms with Gasteiger partial charge in [-0.3, -0.25) is 29.4 Å². The number of cyclic esters (lactones) is 1. The number of aliphatic hydroxyl groups excluding tert-OH is 1. The van der Waals surface area contributed by atoms with E-state index in [1.165, 1.54) is 24.3 Å². The maximum absolute atomic E-state index is 17.0. The van der Waals surface area contributed by atoms with Crippen LogP contribution in [0.1, 0.15) is 51.6 Å². The third kappa shape index (κ3) is 8.97. The molecule has 1 spiro atoms. The van der Waals surface area contributed by atoms with E-state index in [1.54, 1.807) is 70.5 Å². The first-order valence-corrected chi connectivity index (χ1v) is 26.0. The first kappa shape index (κ1) is 50.9. The van der Waals surface area contributed by atoms with Gasteiger partial charge in [0.25, 0.3) is 5.69 Å². The molecule has 80 heavy (non-hydrogen) atoms. The van der Waals surface area contributed by atoms with Gasteiger partial charge in [0.05, 0.1) is 40.7 Å². The van der Waals surface area contributed by atoms with Crippen LogP contribution in [-0.4, -0.2) is 114 Å². The Morgan fingerprint density at radius 2 is 1.50 bits per heavy atom. The van der Waals surface area contributed by atoms with Crippen LogP contribution in [0, 0.1) is 27.9 Å². The molecular formula is C60H50N10O10. The molecule has 6 atom stereocenters. The van der Waals surface area contributed by atoms with Crippen LogP contribution in [0.2, 0.25) is 0 Å². The van der Waals surface area contributed by atoms with Crippen molar-refractivity contribution >= 4 is 52.2 Å². The fraction of sp³-hybridized carbons (Fsp3) is 0.233. The monoisotopic (exact) mass is 1070 g/mol. The van der Waals surface area contributed by atoms with Gasteiger partial charge >= 0.3 is 12.1 Å². The molecule has 20 heteroatoms. The van der Waals surface area contributed by atoms with Crippen LogP contribution in [0.15, 0.2) is 170 Å². The number of nitro benzene ring substituents is 1. The van der Waals surface area contributed by atoms with Gasteiger partial charge in [0.15, 0.2) is 0 Å². The Kier molecular flexibility index (Phi) is 13.7. The molecule has 20 nitrogen and oxygen atoms in total. The number of nitro groups is 1. The molecule has 4 aliphatic heterocycles. The van der Waals surface area contributed by atoms with Gasteiger partial charge in [-0.1, -0.05) is 108 Å². The predicted octanol–water partition coefficient (Wildman–Crippen LogP) is 6.90. The second-order valence-electron chi connectivity index (χ2n) is 19.6. The number of fused-ring (bicyclic) bond motifs is 4. The fourth-order valence-corrected chi connectivity index (χ4v) is 11.9. The topological polar surface area (TPSA) is 229 Å². The second kappa shape index (κ2) is 21.5. The second-order valence-corrected chi connectivity index (χ2v) is 19.6. The molecule has 0 radical (unpaired) electrons. The maximum atomic E-state index is 17.0. The summed E-state index contributed by atoms with van der Waals surface area (Å²) in [6.07, 6.45) is 1.17.